The maximum Gasteiger partial charge on any atom is 0.295 e. The van der Waals surface area contributed by atoms with E-state index in [0.717, 1.165) is 12.1 Å². The van der Waals surface area contributed by atoms with E-state index >= 15 is 0 Å². The second-order valence-corrected chi connectivity index (χ2v) is 6.02. The van der Waals surface area contributed by atoms with E-state index in [2.05, 4.69) is 10.6 Å². The quantitative estimate of drug-likeness (QED) is 0.688. The van der Waals surface area contributed by atoms with Crippen molar-refractivity contribution in [2.45, 2.75) is 6.92 Å². The lowest BCUT2D eigenvalue weighted by molar-refractivity contribution is 0.591. The number of anilines is 2. The van der Waals surface area contributed by atoms with Crippen molar-refractivity contribution in [3.05, 3.63) is 76.2 Å². The van der Waals surface area contributed by atoms with Crippen LogP contribution < -0.4 is 16.2 Å². The zero-order valence-electron chi connectivity index (χ0n) is 14.1. The molecular weight excluding hydrogens is 358 g/mol. The number of para-hydroxylation sites is 2. The molecule has 3 rings (SSSR count). The minimum Gasteiger partial charge on any atom is -0.328 e. The third kappa shape index (κ3) is 3.23. The molecule has 0 fully saturated rings. The molecule has 8 heteroatoms. The van der Waals surface area contributed by atoms with E-state index in [4.69, 9.17) is 12.2 Å². The second-order valence-electron chi connectivity index (χ2n) is 5.61. The van der Waals surface area contributed by atoms with E-state index in [1.165, 1.54) is 10.7 Å². The average molecular weight is 374 g/mol. The van der Waals surface area contributed by atoms with Gasteiger partial charge in [0.15, 0.2) is 5.11 Å². The predicted octanol–water partition coefficient (Wildman–Crippen LogP) is 3.57. The minimum atomic E-state index is -0.777. The fourth-order valence-corrected chi connectivity index (χ4v) is 2.79. The molecule has 1 aromatic heterocycles. The van der Waals surface area contributed by atoms with Crippen molar-refractivity contribution in [2.75, 3.05) is 10.6 Å². The Labute approximate surface area is 153 Å². The van der Waals surface area contributed by atoms with Gasteiger partial charge in [-0.1, -0.05) is 24.3 Å². The number of hydrogen-bond acceptors (Lipinski definition) is 2. The molecule has 0 aliphatic heterocycles. The highest BCUT2D eigenvalue weighted by Crippen LogP contribution is 2.19. The van der Waals surface area contributed by atoms with Gasteiger partial charge in [-0.15, -0.1) is 0 Å². The summed E-state index contributed by atoms with van der Waals surface area (Å²) in [5.41, 5.74) is 0.842. The van der Waals surface area contributed by atoms with Crippen molar-refractivity contribution in [3.8, 4) is 5.69 Å². The molecule has 0 atom stereocenters. The van der Waals surface area contributed by atoms with Crippen LogP contribution in [0.2, 0.25) is 0 Å². The van der Waals surface area contributed by atoms with Gasteiger partial charge in [0.05, 0.1) is 11.4 Å². The molecule has 0 unspecified atom stereocenters. The van der Waals surface area contributed by atoms with Crippen molar-refractivity contribution in [1.29, 1.82) is 0 Å². The summed E-state index contributed by atoms with van der Waals surface area (Å²) in [5, 5.41) is 5.12. The summed E-state index contributed by atoms with van der Waals surface area (Å²) in [5.74, 6) is -1.55. The van der Waals surface area contributed by atoms with Gasteiger partial charge in [-0.3, -0.25) is 9.48 Å². The molecule has 0 aliphatic rings. The Morgan fingerprint density at radius 1 is 0.962 bits per heavy atom. The summed E-state index contributed by atoms with van der Waals surface area (Å²) in [7, 11) is 1.74. The normalized spacial score (nSPS) is 10.6. The summed E-state index contributed by atoms with van der Waals surface area (Å²) in [6.07, 6.45) is 0. The SMILES string of the molecule is Cc1c(NC(=S)Nc2c(F)cccc2F)c(=O)n(-c2ccccc2)n1C. The molecule has 0 bridgehead atoms. The number of aromatic nitrogens is 2. The highest BCUT2D eigenvalue weighted by Gasteiger charge is 2.18. The van der Waals surface area contributed by atoms with E-state index in [1.54, 1.807) is 30.8 Å². The summed E-state index contributed by atoms with van der Waals surface area (Å²) >= 11 is 5.11. The van der Waals surface area contributed by atoms with E-state index in [9.17, 15) is 13.6 Å². The van der Waals surface area contributed by atoms with Crippen LogP contribution in [-0.2, 0) is 7.05 Å². The zero-order valence-corrected chi connectivity index (χ0v) is 14.9. The maximum atomic E-state index is 13.7. The minimum absolute atomic E-state index is 0.0833. The maximum absolute atomic E-state index is 13.7. The van der Waals surface area contributed by atoms with Crippen LogP contribution in [-0.4, -0.2) is 14.5 Å². The highest BCUT2D eigenvalue weighted by atomic mass is 32.1. The largest absolute Gasteiger partial charge is 0.328 e. The topological polar surface area (TPSA) is 51.0 Å². The van der Waals surface area contributed by atoms with E-state index < -0.39 is 11.6 Å². The molecule has 1 heterocycles. The Morgan fingerprint density at radius 2 is 1.54 bits per heavy atom. The van der Waals surface area contributed by atoms with Crippen LogP contribution >= 0.6 is 12.2 Å². The smallest absolute Gasteiger partial charge is 0.295 e. The third-order valence-corrected chi connectivity index (χ3v) is 4.20. The molecule has 5 nitrogen and oxygen atoms in total. The molecule has 2 aromatic carbocycles. The predicted molar refractivity (Wildman–Crippen MR) is 102 cm³/mol. The standard InChI is InChI=1S/C18H16F2N4OS/c1-11-15(17(25)24(23(11)2)12-7-4-3-5-8-12)21-18(26)22-16-13(19)9-6-10-14(16)20/h3-10H,1-2H3,(H2,21,22,26). The van der Waals surface area contributed by atoms with Gasteiger partial charge >= 0.3 is 0 Å². The van der Waals surface area contributed by atoms with Crippen LogP contribution in [0.15, 0.2) is 53.3 Å². The second kappa shape index (κ2) is 7.09. The molecule has 134 valence electrons. The molecule has 26 heavy (non-hydrogen) atoms. The van der Waals surface area contributed by atoms with Gasteiger partial charge in [-0.05, 0) is 43.4 Å². The molecule has 0 spiro atoms. The van der Waals surface area contributed by atoms with E-state index in [-0.39, 0.29) is 22.0 Å². The molecular formula is C18H16F2N4OS. The first-order chi connectivity index (χ1) is 12.4. The van der Waals surface area contributed by atoms with Crippen molar-refractivity contribution >= 4 is 28.7 Å². The first-order valence-electron chi connectivity index (χ1n) is 7.76. The number of rotatable bonds is 3. The first-order valence-corrected chi connectivity index (χ1v) is 8.17. The third-order valence-electron chi connectivity index (χ3n) is 3.99. The summed E-state index contributed by atoms with van der Waals surface area (Å²) < 4.78 is 30.6. The van der Waals surface area contributed by atoms with Gasteiger partial charge in [-0.25, -0.2) is 13.5 Å². The Kier molecular flexibility index (Phi) is 4.85. The molecule has 0 amide bonds. The van der Waals surface area contributed by atoms with Crippen molar-refractivity contribution in [1.82, 2.24) is 9.36 Å². The Balaban J connectivity index is 1.91. The van der Waals surface area contributed by atoms with Gasteiger partial charge in [-0.2, -0.15) is 0 Å². The molecule has 0 saturated heterocycles. The molecule has 0 saturated carbocycles. The number of thiocarbonyl (C=S) groups is 1. The molecule has 2 N–H and O–H groups in total. The fraction of sp³-hybridized carbons (Fsp3) is 0.111. The number of benzene rings is 2. The molecule has 0 radical (unpaired) electrons. The van der Waals surface area contributed by atoms with Gasteiger partial charge in [0.25, 0.3) is 5.56 Å². The van der Waals surface area contributed by atoms with Gasteiger partial charge in [0, 0.05) is 7.05 Å². The Hall–Kier alpha value is -3.00. The summed E-state index contributed by atoms with van der Waals surface area (Å²) in [6, 6.07) is 12.6. The van der Waals surface area contributed by atoms with Crippen LogP contribution in [0, 0.1) is 18.6 Å². The van der Waals surface area contributed by atoms with Crippen LogP contribution in [0.5, 0.6) is 0 Å². The Bertz CT molecular complexity index is 1010. The van der Waals surface area contributed by atoms with Crippen LogP contribution in [0.1, 0.15) is 5.69 Å². The number of halogens is 2. The number of hydrogen-bond donors (Lipinski definition) is 2. The lowest BCUT2D eigenvalue weighted by Gasteiger charge is -2.11. The van der Waals surface area contributed by atoms with Crippen LogP contribution in [0.4, 0.5) is 20.2 Å². The lowest BCUT2D eigenvalue weighted by atomic mass is 10.3. The zero-order chi connectivity index (χ0) is 18.8. The van der Waals surface area contributed by atoms with Gasteiger partial charge in [0.2, 0.25) is 0 Å². The lowest BCUT2D eigenvalue weighted by Crippen LogP contribution is -2.26. The van der Waals surface area contributed by atoms with Crippen LogP contribution in [0.25, 0.3) is 5.69 Å². The number of nitrogens with one attached hydrogen (secondary N) is 2. The molecule has 0 aliphatic carbocycles. The van der Waals surface area contributed by atoms with Crippen LogP contribution in [0.3, 0.4) is 0 Å². The fourth-order valence-electron chi connectivity index (χ4n) is 2.59. The molecule has 3 aromatic rings. The van der Waals surface area contributed by atoms with Crippen molar-refractivity contribution in [2.24, 2.45) is 7.05 Å². The summed E-state index contributed by atoms with van der Waals surface area (Å²) in [6.45, 7) is 1.75. The highest BCUT2D eigenvalue weighted by molar-refractivity contribution is 7.80. The average Bonchev–Trinajstić information content (AvgIpc) is 2.82. The van der Waals surface area contributed by atoms with Gasteiger partial charge in [0.1, 0.15) is 23.0 Å². The van der Waals surface area contributed by atoms with E-state index in [1.807, 2.05) is 18.2 Å². The Morgan fingerprint density at radius 3 is 2.15 bits per heavy atom. The van der Waals surface area contributed by atoms with Crippen molar-refractivity contribution in [3.63, 3.8) is 0 Å². The summed E-state index contributed by atoms with van der Waals surface area (Å²) in [4.78, 5) is 12.8. The van der Waals surface area contributed by atoms with Gasteiger partial charge < -0.3 is 10.6 Å². The van der Waals surface area contributed by atoms with E-state index in [0.29, 0.717) is 11.4 Å². The monoisotopic (exact) mass is 374 g/mol. The first kappa shape index (κ1) is 17.8. The number of nitrogens with zero attached hydrogens (tertiary/aromatic N) is 2. The van der Waals surface area contributed by atoms with Crippen molar-refractivity contribution < 1.29 is 8.78 Å².